The van der Waals surface area contributed by atoms with Gasteiger partial charge in [0.15, 0.2) is 0 Å². The number of benzene rings is 1. The maximum atomic E-state index is 4.26. The van der Waals surface area contributed by atoms with Crippen LogP contribution in [0, 0.1) is 6.92 Å². The van der Waals surface area contributed by atoms with Crippen molar-refractivity contribution in [3.05, 3.63) is 60.4 Å². The molecule has 0 fully saturated rings. The van der Waals surface area contributed by atoms with Gasteiger partial charge in [0.05, 0.1) is 0 Å². The van der Waals surface area contributed by atoms with E-state index in [1.165, 1.54) is 11.1 Å². The van der Waals surface area contributed by atoms with Crippen molar-refractivity contribution in [2.24, 2.45) is 0 Å². The van der Waals surface area contributed by atoms with Gasteiger partial charge in [-0.3, -0.25) is 4.98 Å². The fourth-order valence-electron chi connectivity index (χ4n) is 1.70. The van der Waals surface area contributed by atoms with Crippen LogP contribution in [0.1, 0.15) is 11.3 Å². The summed E-state index contributed by atoms with van der Waals surface area (Å²) in [5, 5.41) is 0. The first-order valence-electron chi connectivity index (χ1n) is 4.96. The normalized spacial score (nSPS) is 9.93. The van der Waals surface area contributed by atoms with Crippen LogP contribution >= 0.6 is 0 Å². The summed E-state index contributed by atoms with van der Waals surface area (Å²) in [7, 11) is 0. The Morgan fingerprint density at radius 1 is 1.13 bits per heavy atom. The Bertz CT molecular complexity index is 472. The first kappa shape index (κ1) is 9.66. The van der Waals surface area contributed by atoms with E-state index >= 15 is 0 Å². The Balaban J connectivity index is 2.63. The number of pyridine rings is 1. The molecule has 1 heterocycles. The van der Waals surface area contributed by atoms with E-state index in [2.05, 4.69) is 23.7 Å². The molecule has 2 aromatic rings. The second-order valence-corrected chi connectivity index (χ2v) is 3.43. The summed E-state index contributed by atoms with van der Waals surface area (Å²) in [5.41, 5.74) is 4.53. The van der Waals surface area contributed by atoms with E-state index in [1.54, 1.807) is 0 Å². The summed E-state index contributed by atoms with van der Waals surface area (Å²) >= 11 is 0. The van der Waals surface area contributed by atoms with Gasteiger partial charge in [-0.25, -0.2) is 0 Å². The highest BCUT2D eigenvalue weighted by Gasteiger charge is 2.04. The zero-order valence-corrected chi connectivity index (χ0v) is 8.77. The predicted molar refractivity (Wildman–Crippen MR) is 64.5 cm³/mol. The van der Waals surface area contributed by atoms with Crippen LogP contribution in [0.4, 0.5) is 0 Å². The molecule has 0 aliphatic heterocycles. The van der Waals surface area contributed by atoms with Gasteiger partial charge in [0.2, 0.25) is 0 Å². The third-order valence-corrected chi connectivity index (χ3v) is 2.48. The van der Waals surface area contributed by atoms with E-state index in [0.717, 1.165) is 11.3 Å². The largest absolute Gasteiger partial charge is 0.261 e. The highest BCUT2D eigenvalue weighted by molar-refractivity contribution is 5.75. The van der Waals surface area contributed by atoms with Crippen LogP contribution in [0.3, 0.4) is 0 Å². The summed E-state index contributed by atoms with van der Waals surface area (Å²) in [5.74, 6) is 0. The Hall–Kier alpha value is -1.89. The molecule has 0 aliphatic rings. The molecule has 0 radical (unpaired) electrons. The molecular weight excluding hydrogens is 182 g/mol. The summed E-state index contributed by atoms with van der Waals surface area (Å²) in [6.07, 6.45) is 3.70. The quantitative estimate of drug-likeness (QED) is 0.712. The number of aryl methyl sites for hydroxylation is 1. The number of hydrogen-bond donors (Lipinski definition) is 0. The van der Waals surface area contributed by atoms with Crippen LogP contribution in [0.25, 0.3) is 17.2 Å². The molecule has 1 aromatic heterocycles. The lowest BCUT2D eigenvalue weighted by Gasteiger charge is -2.07. The van der Waals surface area contributed by atoms with Crippen LogP contribution in [0.15, 0.2) is 49.2 Å². The first-order chi connectivity index (χ1) is 7.33. The number of rotatable bonds is 2. The van der Waals surface area contributed by atoms with Gasteiger partial charge >= 0.3 is 0 Å². The molecule has 2 rings (SSSR count). The van der Waals surface area contributed by atoms with Crippen molar-refractivity contribution < 1.29 is 0 Å². The average Bonchev–Trinajstić information content (AvgIpc) is 2.30. The van der Waals surface area contributed by atoms with Gasteiger partial charge in [-0.15, -0.1) is 0 Å². The van der Waals surface area contributed by atoms with Gasteiger partial charge in [-0.2, -0.15) is 0 Å². The minimum Gasteiger partial charge on any atom is -0.261 e. The van der Waals surface area contributed by atoms with E-state index in [9.17, 15) is 0 Å². The van der Waals surface area contributed by atoms with Gasteiger partial charge < -0.3 is 0 Å². The topological polar surface area (TPSA) is 12.9 Å². The standard InChI is InChI=1S/C14H13N/c1-3-13-11(2)15-10-9-14(13)12-7-5-4-6-8-12/h3-10H,1H2,2H3. The Morgan fingerprint density at radius 2 is 1.87 bits per heavy atom. The molecule has 0 atom stereocenters. The van der Waals surface area contributed by atoms with Crippen LogP contribution in [0.5, 0.6) is 0 Å². The van der Waals surface area contributed by atoms with E-state index in [1.807, 2.05) is 43.5 Å². The van der Waals surface area contributed by atoms with Gasteiger partial charge in [0, 0.05) is 17.5 Å². The number of aromatic nitrogens is 1. The van der Waals surface area contributed by atoms with Crippen LogP contribution in [0.2, 0.25) is 0 Å². The molecule has 0 amide bonds. The summed E-state index contributed by atoms with van der Waals surface area (Å²) in [4.78, 5) is 4.26. The summed E-state index contributed by atoms with van der Waals surface area (Å²) in [6.45, 7) is 5.84. The predicted octanol–water partition coefficient (Wildman–Crippen LogP) is 3.70. The van der Waals surface area contributed by atoms with E-state index < -0.39 is 0 Å². The third-order valence-electron chi connectivity index (χ3n) is 2.48. The van der Waals surface area contributed by atoms with Crippen molar-refractivity contribution >= 4 is 6.08 Å². The molecule has 0 aliphatic carbocycles. The van der Waals surface area contributed by atoms with Gasteiger partial charge in [0.25, 0.3) is 0 Å². The molecule has 1 nitrogen and oxygen atoms in total. The second-order valence-electron chi connectivity index (χ2n) is 3.43. The SMILES string of the molecule is C=Cc1c(-c2ccccc2)ccnc1C. The van der Waals surface area contributed by atoms with Crippen molar-refractivity contribution in [1.29, 1.82) is 0 Å². The molecule has 0 bridgehead atoms. The van der Waals surface area contributed by atoms with Crippen molar-refractivity contribution in [2.45, 2.75) is 6.92 Å². The lowest BCUT2D eigenvalue weighted by Crippen LogP contribution is -1.90. The molecule has 1 aromatic carbocycles. The molecular formula is C14H13N. The highest BCUT2D eigenvalue weighted by Crippen LogP contribution is 2.25. The number of nitrogens with zero attached hydrogens (tertiary/aromatic N) is 1. The molecule has 0 unspecified atom stereocenters. The zero-order chi connectivity index (χ0) is 10.7. The van der Waals surface area contributed by atoms with Gasteiger partial charge in [-0.1, -0.05) is 43.0 Å². The minimum atomic E-state index is 1.02. The highest BCUT2D eigenvalue weighted by atomic mass is 14.7. The molecule has 74 valence electrons. The van der Waals surface area contributed by atoms with Crippen molar-refractivity contribution in [2.75, 3.05) is 0 Å². The molecule has 0 N–H and O–H groups in total. The third kappa shape index (κ3) is 1.82. The monoisotopic (exact) mass is 195 g/mol. The van der Waals surface area contributed by atoms with E-state index in [0.29, 0.717) is 0 Å². The Labute approximate surface area is 90.1 Å². The Morgan fingerprint density at radius 3 is 2.53 bits per heavy atom. The Kier molecular flexibility index (Phi) is 2.64. The first-order valence-corrected chi connectivity index (χ1v) is 4.96. The van der Waals surface area contributed by atoms with Crippen molar-refractivity contribution in [3.63, 3.8) is 0 Å². The minimum absolute atomic E-state index is 1.02. The van der Waals surface area contributed by atoms with Gasteiger partial charge in [-0.05, 0) is 24.1 Å². The smallest absolute Gasteiger partial charge is 0.0450 e. The van der Waals surface area contributed by atoms with Crippen LogP contribution in [-0.4, -0.2) is 4.98 Å². The fraction of sp³-hybridized carbons (Fsp3) is 0.0714. The van der Waals surface area contributed by atoms with E-state index in [4.69, 9.17) is 0 Å². The summed E-state index contributed by atoms with van der Waals surface area (Å²) in [6, 6.07) is 12.3. The second kappa shape index (κ2) is 4.09. The van der Waals surface area contributed by atoms with Crippen LogP contribution < -0.4 is 0 Å². The maximum absolute atomic E-state index is 4.26. The van der Waals surface area contributed by atoms with Crippen LogP contribution in [-0.2, 0) is 0 Å². The maximum Gasteiger partial charge on any atom is 0.0450 e. The molecule has 15 heavy (non-hydrogen) atoms. The zero-order valence-electron chi connectivity index (χ0n) is 8.77. The van der Waals surface area contributed by atoms with Gasteiger partial charge in [0.1, 0.15) is 0 Å². The summed E-state index contributed by atoms with van der Waals surface area (Å²) < 4.78 is 0. The number of hydrogen-bond acceptors (Lipinski definition) is 1. The lowest BCUT2D eigenvalue weighted by molar-refractivity contribution is 1.19. The van der Waals surface area contributed by atoms with Crippen molar-refractivity contribution in [1.82, 2.24) is 4.98 Å². The lowest BCUT2D eigenvalue weighted by atomic mass is 10.00. The van der Waals surface area contributed by atoms with E-state index in [-0.39, 0.29) is 0 Å². The van der Waals surface area contributed by atoms with Crippen molar-refractivity contribution in [3.8, 4) is 11.1 Å². The molecule has 1 heteroatoms. The average molecular weight is 195 g/mol. The molecule has 0 saturated heterocycles. The molecule has 0 saturated carbocycles. The fourth-order valence-corrected chi connectivity index (χ4v) is 1.70. The molecule has 0 spiro atoms.